The molecule has 2 rings (SSSR count). The highest BCUT2D eigenvalue weighted by Gasteiger charge is 2.23. The first kappa shape index (κ1) is 13.6. The minimum Gasteiger partial charge on any atom is -0.397 e. The lowest BCUT2D eigenvalue weighted by Gasteiger charge is -2.34. The zero-order valence-electron chi connectivity index (χ0n) is 10.9. The number of anilines is 2. The SMILES string of the molecule is NC(=O)c1cc(N)cnc1N1CCCC(CCO)C1. The zero-order valence-corrected chi connectivity index (χ0v) is 10.9. The summed E-state index contributed by atoms with van der Waals surface area (Å²) in [5.74, 6) is 0.516. The highest BCUT2D eigenvalue weighted by atomic mass is 16.3. The van der Waals surface area contributed by atoms with E-state index in [-0.39, 0.29) is 6.61 Å². The average Bonchev–Trinajstić information content (AvgIpc) is 2.39. The predicted molar refractivity (Wildman–Crippen MR) is 73.8 cm³/mol. The van der Waals surface area contributed by atoms with Crippen LogP contribution in [0.3, 0.4) is 0 Å². The molecule has 0 aromatic carbocycles. The first-order chi connectivity index (χ1) is 9.11. The fourth-order valence-electron chi connectivity index (χ4n) is 2.58. The number of rotatable bonds is 4. The van der Waals surface area contributed by atoms with Gasteiger partial charge in [-0.15, -0.1) is 0 Å². The maximum absolute atomic E-state index is 11.5. The van der Waals surface area contributed by atoms with Gasteiger partial charge < -0.3 is 21.5 Å². The van der Waals surface area contributed by atoms with E-state index in [1.54, 1.807) is 6.07 Å². The van der Waals surface area contributed by atoms with Crippen LogP contribution in [0.15, 0.2) is 12.3 Å². The Hall–Kier alpha value is -1.82. The van der Waals surface area contributed by atoms with Crippen LogP contribution in [0.4, 0.5) is 11.5 Å². The number of aliphatic hydroxyl groups is 1. The van der Waals surface area contributed by atoms with E-state index in [0.717, 1.165) is 32.4 Å². The fraction of sp³-hybridized carbons (Fsp3) is 0.538. The standard InChI is InChI=1S/C13H20N4O2/c14-10-6-11(12(15)19)13(16-7-10)17-4-1-2-9(8-17)3-5-18/h6-7,9,18H,1-5,8,14H2,(H2,15,19). The molecule has 1 unspecified atom stereocenters. The van der Waals surface area contributed by atoms with Crippen molar-refractivity contribution in [3.05, 3.63) is 17.8 Å². The molecule has 5 N–H and O–H groups in total. The summed E-state index contributed by atoms with van der Waals surface area (Å²) in [4.78, 5) is 17.8. The van der Waals surface area contributed by atoms with Crippen molar-refractivity contribution in [3.8, 4) is 0 Å². The highest BCUT2D eigenvalue weighted by Crippen LogP contribution is 2.26. The van der Waals surface area contributed by atoms with Crippen LogP contribution in [0.25, 0.3) is 0 Å². The van der Waals surface area contributed by atoms with Gasteiger partial charge in [0.2, 0.25) is 0 Å². The molecular weight excluding hydrogens is 244 g/mol. The van der Waals surface area contributed by atoms with Crippen molar-refractivity contribution < 1.29 is 9.90 Å². The van der Waals surface area contributed by atoms with Crippen LogP contribution in [-0.2, 0) is 0 Å². The summed E-state index contributed by atoms with van der Waals surface area (Å²) >= 11 is 0. The molecule has 2 heterocycles. The summed E-state index contributed by atoms with van der Waals surface area (Å²) in [6.45, 7) is 1.83. The van der Waals surface area contributed by atoms with E-state index in [1.165, 1.54) is 6.20 Å². The maximum Gasteiger partial charge on any atom is 0.252 e. The quantitative estimate of drug-likeness (QED) is 0.728. The first-order valence-electron chi connectivity index (χ1n) is 6.53. The molecule has 1 aromatic heterocycles. The summed E-state index contributed by atoms with van der Waals surface area (Å²) in [6, 6.07) is 1.57. The van der Waals surface area contributed by atoms with Crippen molar-refractivity contribution in [2.75, 3.05) is 30.3 Å². The van der Waals surface area contributed by atoms with Gasteiger partial charge in [0.05, 0.1) is 17.4 Å². The molecule has 0 aliphatic carbocycles. The Bertz CT molecular complexity index is 462. The van der Waals surface area contributed by atoms with Gasteiger partial charge in [-0.2, -0.15) is 0 Å². The molecule has 0 spiro atoms. The minimum absolute atomic E-state index is 0.191. The predicted octanol–water partition coefficient (Wildman–Crippen LogP) is 0.361. The lowest BCUT2D eigenvalue weighted by atomic mass is 9.95. The summed E-state index contributed by atoms with van der Waals surface area (Å²) < 4.78 is 0. The number of primary amides is 1. The van der Waals surface area contributed by atoms with Crippen molar-refractivity contribution in [1.29, 1.82) is 0 Å². The van der Waals surface area contributed by atoms with Crippen LogP contribution >= 0.6 is 0 Å². The molecular formula is C13H20N4O2. The number of carbonyl (C=O) groups is 1. The fourth-order valence-corrected chi connectivity index (χ4v) is 2.58. The van der Waals surface area contributed by atoms with Crippen LogP contribution < -0.4 is 16.4 Å². The third kappa shape index (κ3) is 3.14. The van der Waals surface area contributed by atoms with Gasteiger partial charge >= 0.3 is 0 Å². The lowest BCUT2D eigenvalue weighted by Crippen LogP contribution is -2.37. The first-order valence-corrected chi connectivity index (χ1v) is 6.53. The van der Waals surface area contributed by atoms with Gasteiger partial charge in [0.25, 0.3) is 5.91 Å². The van der Waals surface area contributed by atoms with Gasteiger partial charge in [-0.05, 0) is 31.2 Å². The van der Waals surface area contributed by atoms with Gasteiger partial charge in [-0.1, -0.05) is 0 Å². The molecule has 1 aliphatic rings. The largest absolute Gasteiger partial charge is 0.397 e. The number of aliphatic hydroxyl groups excluding tert-OH is 1. The molecule has 1 aromatic rings. The molecule has 1 saturated heterocycles. The Balaban J connectivity index is 2.23. The number of aromatic nitrogens is 1. The third-order valence-corrected chi connectivity index (χ3v) is 3.51. The van der Waals surface area contributed by atoms with Crippen molar-refractivity contribution in [2.45, 2.75) is 19.3 Å². The van der Waals surface area contributed by atoms with E-state index in [0.29, 0.717) is 23.0 Å². The number of nitrogens with zero attached hydrogens (tertiary/aromatic N) is 2. The molecule has 19 heavy (non-hydrogen) atoms. The molecule has 1 fully saturated rings. The number of amides is 1. The zero-order chi connectivity index (χ0) is 13.8. The van der Waals surface area contributed by atoms with Crippen molar-refractivity contribution in [3.63, 3.8) is 0 Å². The second kappa shape index (κ2) is 5.88. The Labute approximate surface area is 112 Å². The van der Waals surface area contributed by atoms with Crippen LogP contribution in [0.1, 0.15) is 29.6 Å². The Morgan fingerprint density at radius 3 is 3.05 bits per heavy atom. The summed E-state index contributed by atoms with van der Waals surface area (Å²) in [5, 5.41) is 9.03. The normalized spacial score (nSPS) is 19.4. The van der Waals surface area contributed by atoms with E-state index in [4.69, 9.17) is 16.6 Å². The number of nitrogen functional groups attached to an aromatic ring is 1. The molecule has 6 heteroatoms. The van der Waals surface area contributed by atoms with Crippen LogP contribution in [0, 0.1) is 5.92 Å². The number of nitrogens with two attached hydrogens (primary N) is 2. The highest BCUT2D eigenvalue weighted by molar-refractivity contribution is 5.98. The van der Waals surface area contributed by atoms with Crippen molar-refractivity contribution in [1.82, 2.24) is 4.98 Å². The lowest BCUT2D eigenvalue weighted by molar-refractivity contribution is 0.1000. The number of hydrogen-bond acceptors (Lipinski definition) is 5. The van der Waals surface area contributed by atoms with Gasteiger partial charge in [0.15, 0.2) is 0 Å². The molecule has 1 aliphatic heterocycles. The number of hydrogen-bond donors (Lipinski definition) is 3. The van der Waals surface area contributed by atoms with E-state index < -0.39 is 5.91 Å². The van der Waals surface area contributed by atoms with Gasteiger partial charge in [0, 0.05) is 19.7 Å². The molecule has 104 valence electrons. The number of carbonyl (C=O) groups excluding carboxylic acids is 1. The molecule has 0 saturated carbocycles. The van der Waals surface area contributed by atoms with Crippen LogP contribution in [0.5, 0.6) is 0 Å². The van der Waals surface area contributed by atoms with E-state index in [9.17, 15) is 4.79 Å². The third-order valence-electron chi connectivity index (χ3n) is 3.51. The molecule has 0 bridgehead atoms. The summed E-state index contributed by atoms with van der Waals surface area (Å²) in [6.07, 6.45) is 4.43. The van der Waals surface area contributed by atoms with Gasteiger partial charge in [-0.3, -0.25) is 4.79 Å². The molecule has 1 amide bonds. The Kier molecular flexibility index (Phi) is 4.21. The topological polar surface area (TPSA) is 105 Å². The Morgan fingerprint density at radius 2 is 2.37 bits per heavy atom. The average molecular weight is 264 g/mol. The molecule has 0 radical (unpaired) electrons. The Morgan fingerprint density at radius 1 is 1.58 bits per heavy atom. The van der Waals surface area contributed by atoms with E-state index in [2.05, 4.69) is 9.88 Å². The maximum atomic E-state index is 11.5. The summed E-state index contributed by atoms with van der Waals surface area (Å²) in [7, 11) is 0. The van der Waals surface area contributed by atoms with Crippen LogP contribution in [-0.4, -0.2) is 35.7 Å². The van der Waals surface area contributed by atoms with Crippen molar-refractivity contribution in [2.24, 2.45) is 11.7 Å². The van der Waals surface area contributed by atoms with Gasteiger partial charge in [0.1, 0.15) is 5.82 Å². The molecule has 6 nitrogen and oxygen atoms in total. The summed E-state index contributed by atoms with van der Waals surface area (Å²) in [5.41, 5.74) is 11.8. The second-order valence-corrected chi connectivity index (χ2v) is 4.97. The van der Waals surface area contributed by atoms with E-state index >= 15 is 0 Å². The molecule has 1 atom stereocenters. The van der Waals surface area contributed by atoms with Gasteiger partial charge in [-0.25, -0.2) is 4.98 Å². The minimum atomic E-state index is -0.515. The number of pyridine rings is 1. The second-order valence-electron chi connectivity index (χ2n) is 4.97. The monoisotopic (exact) mass is 264 g/mol. The number of piperidine rings is 1. The van der Waals surface area contributed by atoms with Crippen LogP contribution in [0.2, 0.25) is 0 Å². The van der Waals surface area contributed by atoms with E-state index in [1.807, 2.05) is 0 Å². The smallest absolute Gasteiger partial charge is 0.252 e. The van der Waals surface area contributed by atoms with Crippen molar-refractivity contribution >= 4 is 17.4 Å².